The number of benzene rings is 1. The van der Waals surface area contributed by atoms with Crippen LogP contribution in [0.15, 0.2) is 30.3 Å². The van der Waals surface area contributed by atoms with Crippen molar-refractivity contribution in [3.8, 4) is 0 Å². The number of rotatable bonds is 4. The molecular weight excluding hydrogens is 194 g/mol. The molecule has 0 aliphatic carbocycles. The van der Waals surface area contributed by atoms with Crippen molar-refractivity contribution in [3.05, 3.63) is 35.9 Å². The Kier molecular flexibility index (Phi) is 3.65. The smallest absolute Gasteiger partial charge is 0.0455 e. The molecule has 0 amide bonds. The van der Waals surface area contributed by atoms with Crippen molar-refractivity contribution < 1.29 is 0 Å². The maximum atomic E-state index is 2.70. The van der Waals surface area contributed by atoms with Crippen molar-refractivity contribution in [2.24, 2.45) is 0 Å². The van der Waals surface area contributed by atoms with Crippen LogP contribution in [0.3, 0.4) is 0 Å². The fourth-order valence-corrected chi connectivity index (χ4v) is 3.18. The zero-order valence-electron chi connectivity index (χ0n) is 10.6. The van der Waals surface area contributed by atoms with Gasteiger partial charge in [0.2, 0.25) is 0 Å². The topological polar surface area (TPSA) is 3.24 Å². The highest BCUT2D eigenvalue weighted by atomic mass is 15.2. The standard InChI is InChI=1S/C15H23N/c1-3-15(4-2,16-12-8-9-13-16)14-10-6-5-7-11-14/h5-7,10-11H,3-4,8-9,12-13H2,1-2H3. The molecule has 1 aromatic rings. The van der Waals surface area contributed by atoms with Crippen molar-refractivity contribution in [1.82, 2.24) is 4.90 Å². The SMILES string of the molecule is CCC(CC)(c1ccccc1)N1CCCC1. The van der Waals surface area contributed by atoms with E-state index < -0.39 is 0 Å². The number of nitrogens with zero attached hydrogens (tertiary/aromatic N) is 1. The van der Waals surface area contributed by atoms with Gasteiger partial charge in [0.15, 0.2) is 0 Å². The van der Waals surface area contributed by atoms with Crippen molar-refractivity contribution in [3.63, 3.8) is 0 Å². The van der Waals surface area contributed by atoms with Crippen LogP contribution in [0.2, 0.25) is 0 Å². The Morgan fingerprint density at radius 3 is 2.06 bits per heavy atom. The molecule has 1 heterocycles. The quantitative estimate of drug-likeness (QED) is 0.741. The van der Waals surface area contributed by atoms with E-state index in [1.165, 1.54) is 44.3 Å². The summed E-state index contributed by atoms with van der Waals surface area (Å²) >= 11 is 0. The fourth-order valence-electron chi connectivity index (χ4n) is 3.18. The van der Waals surface area contributed by atoms with Crippen LogP contribution in [0.25, 0.3) is 0 Å². The van der Waals surface area contributed by atoms with Crippen LogP contribution >= 0.6 is 0 Å². The first-order chi connectivity index (χ1) is 7.83. The Labute approximate surface area is 99.5 Å². The Bertz CT molecular complexity index is 307. The third-order valence-corrected chi connectivity index (χ3v) is 4.19. The summed E-state index contributed by atoms with van der Waals surface area (Å²) in [6.45, 7) is 7.21. The summed E-state index contributed by atoms with van der Waals surface area (Å²) in [5.41, 5.74) is 1.79. The van der Waals surface area contributed by atoms with Crippen molar-refractivity contribution in [2.45, 2.75) is 45.1 Å². The largest absolute Gasteiger partial charge is 0.294 e. The summed E-state index contributed by atoms with van der Waals surface area (Å²) in [6.07, 6.45) is 5.17. The molecule has 88 valence electrons. The van der Waals surface area contributed by atoms with E-state index in [0.717, 1.165) is 0 Å². The van der Waals surface area contributed by atoms with Crippen LogP contribution in [0.5, 0.6) is 0 Å². The molecule has 1 aromatic carbocycles. The highest BCUT2D eigenvalue weighted by Crippen LogP contribution is 2.37. The summed E-state index contributed by atoms with van der Waals surface area (Å²) in [6, 6.07) is 11.1. The molecule has 0 spiro atoms. The van der Waals surface area contributed by atoms with Gasteiger partial charge in [0.05, 0.1) is 0 Å². The van der Waals surface area contributed by atoms with Crippen LogP contribution in [0.4, 0.5) is 0 Å². The van der Waals surface area contributed by atoms with Crippen LogP contribution in [-0.2, 0) is 5.54 Å². The normalized spacial score (nSPS) is 17.9. The summed E-state index contributed by atoms with van der Waals surface area (Å²) < 4.78 is 0. The van der Waals surface area contributed by atoms with Gasteiger partial charge in [0, 0.05) is 5.54 Å². The lowest BCUT2D eigenvalue weighted by Gasteiger charge is -2.41. The van der Waals surface area contributed by atoms with Crippen LogP contribution < -0.4 is 0 Å². The van der Waals surface area contributed by atoms with Gasteiger partial charge in [0.1, 0.15) is 0 Å². The van der Waals surface area contributed by atoms with E-state index in [2.05, 4.69) is 49.1 Å². The van der Waals surface area contributed by atoms with Gasteiger partial charge in [-0.3, -0.25) is 4.90 Å². The molecule has 1 aliphatic heterocycles. The summed E-state index contributed by atoms with van der Waals surface area (Å²) in [5, 5.41) is 0. The van der Waals surface area contributed by atoms with Crippen LogP contribution in [0.1, 0.15) is 45.1 Å². The maximum Gasteiger partial charge on any atom is 0.0455 e. The van der Waals surface area contributed by atoms with E-state index in [1.54, 1.807) is 0 Å². The van der Waals surface area contributed by atoms with Crippen LogP contribution in [-0.4, -0.2) is 18.0 Å². The average molecular weight is 217 g/mol. The molecule has 0 radical (unpaired) electrons. The molecule has 0 aromatic heterocycles. The van der Waals surface area contributed by atoms with Gasteiger partial charge in [-0.2, -0.15) is 0 Å². The average Bonchev–Trinajstić information content (AvgIpc) is 2.87. The minimum atomic E-state index is 0.289. The summed E-state index contributed by atoms with van der Waals surface area (Å²) in [7, 11) is 0. The minimum absolute atomic E-state index is 0.289. The zero-order chi connectivity index (χ0) is 11.4. The Balaban J connectivity index is 2.34. The number of hydrogen-bond acceptors (Lipinski definition) is 1. The Morgan fingerprint density at radius 2 is 1.56 bits per heavy atom. The minimum Gasteiger partial charge on any atom is -0.294 e. The van der Waals surface area contributed by atoms with E-state index in [0.29, 0.717) is 0 Å². The third-order valence-electron chi connectivity index (χ3n) is 4.19. The van der Waals surface area contributed by atoms with E-state index >= 15 is 0 Å². The molecule has 1 heteroatoms. The fraction of sp³-hybridized carbons (Fsp3) is 0.600. The highest BCUT2D eigenvalue weighted by Gasteiger charge is 2.36. The van der Waals surface area contributed by atoms with Crippen molar-refractivity contribution >= 4 is 0 Å². The Morgan fingerprint density at radius 1 is 1.00 bits per heavy atom. The molecule has 1 aliphatic rings. The first kappa shape index (κ1) is 11.7. The van der Waals surface area contributed by atoms with Crippen molar-refractivity contribution in [1.29, 1.82) is 0 Å². The molecule has 1 nitrogen and oxygen atoms in total. The molecule has 0 unspecified atom stereocenters. The summed E-state index contributed by atoms with van der Waals surface area (Å²) in [5.74, 6) is 0. The highest BCUT2D eigenvalue weighted by molar-refractivity contribution is 5.24. The molecule has 0 N–H and O–H groups in total. The van der Waals surface area contributed by atoms with Crippen molar-refractivity contribution in [2.75, 3.05) is 13.1 Å². The maximum absolute atomic E-state index is 2.70. The lowest BCUT2D eigenvalue weighted by Crippen LogP contribution is -2.43. The van der Waals surface area contributed by atoms with Gasteiger partial charge >= 0.3 is 0 Å². The molecule has 0 saturated carbocycles. The van der Waals surface area contributed by atoms with Gasteiger partial charge in [0.25, 0.3) is 0 Å². The molecular formula is C15H23N. The lowest BCUT2D eigenvalue weighted by molar-refractivity contribution is 0.104. The molecule has 1 fully saturated rings. The number of hydrogen-bond donors (Lipinski definition) is 0. The van der Waals surface area contributed by atoms with E-state index in [4.69, 9.17) is 0 Å². The number of likely N-dealkylation sites (tertiary alicyclic amines) is 1. The first-order valence-electron chi connectivity index (χ1n) is 6.64. The predicted octanol–water partition coefficient (Wildman–Crippen LogP) is 3.80. The van der Waals surface area contributed by atoms with Gasteiger partial charge in [-0.05, 0) is 44.3 Å². The lowest BCUT2D eigenvalue weighted by atomic mass is 9.83. The van der Waals surface area contributed by atoms with Gasteiger partial charge < -0.3 is 0 Å². The van der Waals surface area contributed by atoms with E-state index in [9.17, 15) is 0 Å². The molecule has 2 rings (SSSR count). The van der Waals surface area contributed by atoms with Gasteiger partial charge in [-0.25, -0.2) is 0 Å². The van der Waals surface area contributed by atoms with Crippen LogP contribution in [0, 0.1) is 0 Å². The van der Waals surface area contributed by atoms with Gasteiger partial charge in [-0.1, -0.05) is 44.2 Å². The second kappa shape index (κ2) is 5.01. The van der Waals surface area contributed by atoms with Gasteiger partial charge in [-0.15, -0.1) is 0 Å². The third kappa shape index (κ3) is 1.89. The predicted molar refractivity (Wildman–Crippen MR) is 69.5 cm³/mol. The molecule has 0 atom stereocenters. The second-order valence-electron chi connectivity index (χ2n) is 4.80. The van der Waals surface area contributed by atoms with E-state index in [1.807, 2.05) is 0 Å². The second-order valence-corrected chi connectivity index (χ2v) is 4.80. The molecule has 16 heavy (non-hydrogen) atoms. The monoisotopic (exact) mass is 217 g/mol. The Hall–Kier alpha value is -0.820. The molecule has 0 bridgehead atoms. The zero-order valence-corrected chi connectivity index (χ0v) is 10.6. The van der Waals surface area contributed by atoms with E-state index in [-0.39, 0.29) is 5.54 Å². The molecule has 1 saturated heterocycles. The first-order valence-corrected chi connectivity index (χ1v) is 6.64. The summed E-state index contributed by atoms with van der Waals surface area (Å²) in [4.78, 5) is 2.70.